The third-order valence-corrected chi connectivity index (χ3v) is 4.03. The number of aryl methyl sites for hydroxylation is 2. The Labute approximate surface area is 160 Å². The molecule has 1 amide bonds. The number of methoxy groups -OCH3 is 1. The van der Waals surface area contributed by atoms with Gasteiger partial charge in [-0.2, -0.15) is 13.9 Å². The maximum absolute atomic E-state index is 12.7. The molecule has 8 heteroatoms. The van der Waals surface area contributed by atoms with Gasteiger partial charge in [0.2, 0.25) is 0 Å². The summed E-state index contributed by atoms with van der Waals surface area (Å²) in [5.41, 5.74) is 3.30. The molecule has 146 valence electrons. The molecule has 0 aliphatic rings. The van der Waals surface area contributed by atoms with Gasteiger partial charge in [-0.05, 0) is 50.2 Å². The van der Waals surface area contributed by atoms with E-state index in [2.05, 4.69) is 15.2 Å². The van der Waals surface area contributed by atoms with Crippen LogP contribution in [0.15, 0.2) is 48.5 Å². The number of ether oxygens (including phenoxy) is 2. The van der Waals surface area contributed by atoms with Crippen molar-refractivity contribution in [3.8, 4) is 17.2 Å². The van der Waals surface area contributed by atoms with Gasteiger partial charge in [0, 0.05) is 11.3 Å². The number of carbonyl (C=O) groups excluding carboxylic acids is 1. The number of hydrogen-bond acceptors (Lipinski definition) is 4. The van der Waals surface area contributed by atoms with Crippen LogP contribution in [-0.2, 0) is 0 Å². The van der Waals surface area contributed by atoms with Crippen molar-refractivity contribution < 1.29 is 23.0 Å². The highest BCUT2D eigenvalue weighted by Crippen LogP contribution is 2.30. The molecule has 3 rings (SSSR count). The second-order valence-corrected chi connectivity index (χ2v) is 6.05. The molecule has 0 unspecified atom stereocenters. The highest BCUT2D eigenvalue weighted by atomic mass is 19.3. The van der Waals surface area contributed by atoms with Crippen LogP contribution in [0.2, 0.25) is 0 Å². The zero-order valence-electron chi connectivity index (χ0n) is 15.6. The highest BCUT2D eigenvalue weighted by molar-refractivity contribution is 6.05. The van der Waals surface area contributed by atoms with Crippen LogP contribution in [0.25, 0.3) is 5.69 Å². The molecule has 2 aromatic carbocycles. The van der Waals surface area contributed by atoms with Crippen molar-refractivity contribution in [3.63, 3.8) is 0 Å². The maximum atomic E-state index is 12.7. The van der Waals surface area contributed by atoms with E-state index in [0.29, 0.717) is 11.4 Å². The van der Waals surface area contributed by atoms with E-state index in [-0.39, 0.29) is 17.1 Å². The van der Waals surface area contributed by atoms with E-state index in [1.54, 1.807) is 16.8 Å². The van der Waals surface area contributed by atoms with Crippen LogP contribution in [0.4, 0.5) is 14.5 Å². The molecule has 0 bridgehead atoms. The molecular formula is C20H19F2N3O3. The van der Waals surface area contributed by atoms with E-state index in [4.69, 9.17) is 4.74 Å². The van der Waals surface area contributed by atoms with Crippen LogP contribution >= 0.6 is 0 Å². The molecule has 1 aromatic heterocycles. The zero-order chi connectivity index (χ0) is 20.3. The summed E-state index contributed by atoms with van der Waals surface area (Å²) in [6, 6.07) is 13.2. The van der Waals surface area contributed by atoms with Crippen molar-refractivity contribution in [3.05, 3.63) is 65.5 Å². The van der Waals surface area contributed by atoms with Gasteiger partial charge in [-0.3, -0.25) is 4.79 Å². The van der Waals surface area contributed by atoms with Crippen LogP contribution in [0.5, 0.6) is 11.5 Å². The molecule has 6 nitrogen and oxygen atoms in total. The first-order chi connectivity index (χ1) is 13.4. The summed E-state index contributed by atoms with van der Waals surface area (Å²) in [5, 5.41) is 7.27. The van der Waals surface area contributed by atoms with Crippen molar-refractivity contribution in [2.45, 2.75) is 20.5 Å². The third-order valence-electron chi connectivity index (χ3n) is 4.03. The Bertz CT molecular complexity index is 1000. The SMILES string of the molecule is COc1cc(C(=O)Nc2ccccc2-n2nc(C)cc2C)ccc1OC(F)F. The lowest BCUT2D eigenvalue weighted by Crippen LogP contribution is -2.15. The molecule has 0 atom stereocenters. The molecular weight excluding hydrogens is 368 g/mol. The standard InChI is InChI=1S/C20H19F2N3O3/c1-12-10-13(2)25(24-12)16-7-5-4-6-15(16)23-19(26)14-8-9-17(28-20(21)22)18(11-14)27-3/h4-11,20H,1-3H3,(H,23,26). The number of nitrogens with zero attached hydrogens (tertiary/aromatic N) is 2. The predicted octanol–water partition coefficient (Wildman–Crippen LogP) is 4.35. The molecule has 0 aliphatic carbocycles. The summed E-state index contributed by atoms with van der Waals surface area (Å²) in [6.45, 7) is 0.826. The van der Waals surface area contributed by atoms with E-state index in [1.807, 2.05) is 32.0 Å². The number of aromatic nitrogens is 2. The van der Waals surface area contributed by atoms with Crippen LogP contribution in [0.3, 0.4) is 0 Å². The van der Waals surface area contributed by atoms with Crippen molar-refractivity contribution in [1.29, 1.82) is 0 Å². The molecule has 0 radical (unpaired) electrons. The third kappa shape index (κ3) is 4.11. The molecule has 0 saturated heterocycles. The van der Waals surface area contributed by atoms with Crippen LogP contribution in [0.1, 0.15) is 21.7 Å². The summed E-state index contributed by atoms with van der Waals surface area (Å²) < 4.78 is 36.1. The summed E-state index contributed by atoms with van der Waals surface area (Å²) in [7, 11) is 1.31. The number of amides is 1. The number of hydrogen-bond donors (Lipinski definition) is 1. The molecule has 0 aliphatic heterocycles. The largest absolute Gasteiger partial charge is 0.493 e. The Morgan fingerprint density at radius 2 is 1.86 bits per heavy atom. The quantitative estimate of drug-likeness (QED) is 0.683. The molecule has 0 saturated carbocycles. The Morgan fingerprint density at radius 3 is 2.50 bits per heavy atom. The van der Waals surface area contributed by atoms with Crippen molar-refractivity contribution in [2.24, 2.45) is 0 Å². The molecule has 1 heterocycles. The molecule has 1 N–H and O–H groups in total. The summed E-state index contributed by atoms with van der Waals surface area (Å²) in [4.78, 5) is 12.7. The first kappa shape index (κ1) is 19.3. The fourth-order valence-electron chi connectivity index (χ4n) is 2.83. The topological polar surface area (TPSA) is 65.4 Å². The summed E-state index contributed by atoms with van der Waals surface area (Å²) >= 11 is 0. The lowest BCUT2D eigenvalue weighted by molar-refractivity contribution is -0.0512. The second-order valence-electron chi connectivity index (χ2n) is 6.05. The molecule has 3 aromatic rings. The summed E-state index contributed by atoms with van der Waals surface area (Å²) in [6.07, 6.45) is 0. The number of anilines is 1. The van der Waals surface area contributed by atoms with Crippen LogP contribution < -0.4 is 14.8 Å². The lowest BCUT2D eigenvalue weighted by Gasteiger charge is -2.14. The van der Waals surface area contributed by atoms with Crippen molar-refractivity contribution >= 4 is 11.6 Å². The van der Waals surface area contributed by atoms with E-state index in [9.17, 15) is 13.6 Å². The Hall–Kier alpha value is -3.42. The highest BCUT2D eigenvalue weighted by Gasteiger charge is 2.16. The number of nitrogens with one attached hydrogen (secondary N) is 1. The van der Waals surface area contributed by atoms with Gasteiger partial charge in [-0.25, -0.2) is 4.68 Å². The van der Waals surface area contributed by atoms with Crippen molar-refractivity contribution in [2.75, 3.05) is 12.4 Å². The minimum atomic E-state index is -2.98. The van der Waals surface area contributed by atoms with Gasteiger partial charge < -0.3 is 14.8 Å². The Morgan fingerprint density at radius 1 is 1.11 bits per heavy atom. The van der Waals surface area contributed by atoms with Gasteiger partial charge in [0.05, 0.1) is 24.2 Å². The van der Waals surface area contributed by atoms with Gasteiger partial charge >= 0.3 is 6.61 Å². The fraction of sp³-hybridized carbons (Fsp3) is 0.200. The van der Waals surface area contributed by atoms with E-state index >= 15 is 0 Å². The van der Waals surface area contributed by atoms with Crippen LogP contribution in [-0.4, -0.2) is 29.4 Å². The van der Waals surface area contributed by atoms with Gasteiger partial charge in [0.1, 0.15) is 0 Å². The van der Waals surface area contributed by atoms with Crippen molar-refractivity contribution in [1.82, 2.24) is 9.78 Å². The minimum absolute atomic E-state index is 0.0415. The number of para-hydroxylation sites is 2. The second kappa shape index (κ2) is 8.08. The first-order valence-electron chi connectivity index (χ1n) is 8.46. The average molecular weight is 387 g/mol. The van der Waals surface area contributed by atoms with Gasteiger partial charge in [0.15, 0.2) is 11.5 Å². The Kier molecular flexibility index (Phi) is 5.58. The number of carbonyl (C=O) groups is 1. The van der Waals surface area contributed by atoms with Gasteiger partial charge in [0.25, 0.3) is 5.91 Å². The van der Waals surface area contributed by atoms with Gasteiger partial charge in [-0.15, -0.1) is 0 Å². The zero-order valence-corrected chi connectivity index (χ0v) is 15.6. The van der Waals surface area contributed by atoms with E-state index < -0.39 is 12.5 Å². The molecule has 28 heavy (non-hydrogen) atoms. The average Bonchev–Trinajstić information content (AvgIpc) is 3.00. The maximum Gasteiger partial charge on any atom is 0.387 e. The minimum Gasteiger partial charge on any atom is -0.493 e. The molecule has 0 fully saturated rings. The smallest absolute Gasteiger partial charge is 0.387 e. The van der Waals surface area contributed by atoms with Gasteiger partial charge in [-0.1, -0.05) is 12.1 Å². The monoisotopic (exact) mass is 387 g/mol. The Balaban J connectivity index is 1.89. The van der Waals surface area contributed by atoms with Crippen LogP contribution in [0, 0.1) is 13.8 Å². The normalized spacial score (nSPS) is 10.8. The first-order valence-corrected chi connectivity index (χ1v) is 8.46. The number of halogens is 2. The number of benzene rings is 2. The van der Waals surface area contributed by atoms with E-state index in [1.165, 1.54) is 25.3 Å². The number of alkyl halides is 2. The van der Waals surface area contributed by atoms with E-state index in [0.717, 1.165) is 11.4 Å². The molecule has 0 spiro atoms. The number of rotatable bonds is 6. The predicted molar refractivity (Wildman–Crippen MR) is 101 cm³/mol. The fourth-order valence-corrected chi connectivity index (χ4v) is 2.83. The lowest BCUT2D eigenvalue weighted by atomic mass is 10.1. The summed E-state index contributed by atoms with van der Waals surface area (Å²) in [5.74, 6) is -0.521.